The number of ether oxygens (including phenoxy) is 1. The maximum atomic E-state index is 12.9. The SMILES string of the molecule is O=C(c1coc(COc2cccc3cnccc23)n1)N1CCCN2CCC[C@H]2C1. The average Bonchev–Trinajstić information content (AvgIpc) is 3.36. The summed E-state index contributed by atoms with van der Waals surface area (Å²) in [4.78, 5) is 25.9. The van der Waals surface area contributed by atoms with Crippen molar-refractivity contribution in [1.82, 2.24) is 19.8 Å². The summed E-state index contributed by atoms with van der Waals surface area (Å²) in [6.45, 7) is 3.95. The first-order valence-electron chi connectivity index (χ1n) is 10.2. The third kappa shape index (κ3) is 3.70. The molecular formula is C22H24N4O3. The minimum Gasteiger partial charge on any atom is -0.483 e. The molecule has 0 N–H and O–H groups in total. The molecule has 2 aliphatic rings. The van der Waals surface area contributed by atoms with Gasteiger partial charge < -0.3 is 14.1 Å². The van der Waals surface area contributed by atoms with E-state index in [0.29, 0.717) is 17.6 Å². The molecule has 0 aliphatic carbocycles. The standard InChI is InChI=1S/C22H24N4O3/c27-22(26-11-3-10-25-9-2-5-17(25)13-26)19-14-29-21(24-19)15-28-20-6-1-4-16-12-23-8-7-18(16)20/h1,4,6-8,12,14,17H,2-3,5,9-11,13,15H2/t17-/m0/s1. The van der Waals surface area contributed by atoms with Crippen LogP contribution in [0.3, 0.4) is 0 Å². The molecule has 1 aromatic carbocycles. The van der Waals surface area contributed by atoms with E-state index in [1.165, 1.54) is 19.1 Å². The lowest BCUT2D eigenvalue weighted by Crippen LogP contribution is -2.39. The average molecular weight is 392 g/mol. The molecule has 1 amide bonds. The molecule has 3 aromatic rings. The number of amides is 1. The number of fused-ring (bicyclic) bond motifs is 2. The molecule has 150 valence electrons. The lowest BCUT2D eigenvalue weighted by Gasteiger charge is -2.25. The summed E-state index contributed by atoms with van der Waals surface area (Å²) in [5, 5.41) is 1.99. The first kappa shape index (κ1) is 18.1. The molecule has 7 nitrogen and oxygen atoms in total. The van der Waals surface area contributed by atoms with Gasteiger partial charge in [0.05, 0.1) is 0 Å². The molecule has 7 heteroatoms. The number of benzene rings is 1. The summed E-state index contributed by atoms with van der Waals surface area (Å²) < 4.78 is 11.4. The summed E-state index contributed by atoms with van der Waals surface area (Å²) in [5.41, 5.74) is 0.358. The molecule has 2 aromatic heterocycles. The van der Waals surface area contributed by atoms with E-state index in [-0.39, 0.29) is 12.5 Å². The van der Waals surface area contributed by atoms with Crippen molar-refractivity contribution < 1.29 is 13.9 Å². The molecule has 0 radical (unpaired) electrons. The lowest BCUT2D eigenvalue weighted by molar-refractivity contribution is 0.0737. The molecule has 0 spiro atoms. The topological polar surface area (TPSA) is 71.7 Å². The number of hydrogen-bond acceptors (Lipinski definition) is 6. The van der Waals surface area contributed by atoms with E-state index in [0.717, 1.165) is 49.1 Å². The number of carbonyl (C=O) groups excluding carboxylic acids is 1. The van der Waals surface area contributed by atoms with E-state index < -0.39 is 0 Å². The zero-order valence-electron chi connectivity index (χ0n) is 16.3. The molecule has 2 fully saturated rings. The smallest absolute Gasteiger partial charge is 0.275 e. The van der Waals surface area contributed by atoms with Crippen LogP contribution in [-0.2, 0) is 6.61 Å². The minimum atomic E-state index is -0.0509. The van der Waals surface area contributed by atoms with E-state index in [2.05, 4.69) is 14.9 Å². The van der Waals surface area contributed by atoms with Crippen LogP contribution < -0.4 is 4.74 Å². The molecule has 0 unspecified atom stereocenters. The van der Waals surface area contributed by atoms with Gasteiger partial charge in [0, 0.05) is 48.8 Å². The van der Waals surface area contributed by atoms with E-state index in [1.54, 1.807) is 12.4 Å². The molecule has 2 saturated heterocycles. The number of oxazole rings is 1. The Morgan fingerprint density at radius 3 is 3.10 bits per heavy atom. The third-order valence-electron chi connectivity index (χ3n) is 5.85. The van der Waals surface area contributed by atoms with Crippen LogP contribution in [0.25, 0.3) is 10.8 Å². The number of aromatic nitrogens is 2. The van der Waals surface area contributed by atoms with Crippen LogP contribution in [0.4, 0.5) is 0 Å². The first-order chi connectivity index (χ1) is 14.3. The first-order valence-corrected chi connectivity index (χ1v) is 10.2. The van der Waals surface area contributed by atoms with Crippen molar-refractivity contribution in [1.29, 1.82) is 0 Å². The van der Waals surface area contributed by atoms with Gasteiger partial charge in [0.15, 0.2) is 12.3 Å². The van der Waals surface area contributed by atoms with Gasteiger partial charge in [0.1, 0.15) is 12.0 Å². The molecule has 0 bridgehead atoms. The Kier molecular flexibility index (Phi) is 4.89. The van der Waals surface area contributed by atoms with Crippen LogP contribution in [0.1, 0.15) is 35.6 Å². The summed E-state index contributed by atoms with van der Waals surface area (Å²) in [7, 11) is 0. The third-order valence-corrected chi connectivity index (χ3v) is 5.85. The van der Waals surface area contributed by atoms with E-state index >= 15 is 0 Å². The van der Waals surface area contributed by atoms with Gasteiger partial charge in [0.2, 0.25) is 5.89 Å². The van der Waals surface area contributed by atoms with Gasteiger partial charge in [-0.3, -0.25) is 14.7 Å². The van der Waals surface area contributed by atoms with Crippen LogP contribution in [0.5, 0.6) is 5.75 Å². The van der Waals surface area contributed by atoms with Crippen LogP contribution in [-0.4, -0.2) is 57.9 Å². The largest absolute Gasteiger partial charge is 0.483 e. The zero-order valence-corrected chi connectivity index (χ0v) is 16.3. The van der Waals surface area contributed by atoms with Gasteiger partial charge in [-0.2, -0.15) is 0 Å². The second kappa shape index (κ2) is 7.83. The summed E-state index contributed by atoms with van der Waals surface area (Å²) >= 11 is 0. The Bertz CT molecular complexity index is 1010. The quantitative estimate of drug-likeness (QED) is 0.679. The Morgan fingerprint density at radius 1 is 1.21 bits per heavy atom. The Morgan fingerprint density at radius 2 is 2.14 bits per heavy atom. The van der Waals surface area contributed by atoms with E-state index in [4.69, 9.17) is 9.15 Å². The molecule has 29 heavy (non-hydrogen) atoms. The van der Waals surface area contributed by atoms with Gasteiger partial charge in [-0.1, -0.05) is 12.1 Å². The summed E-state index contributed by atoms with van der Waals surface area (Å²) in [5.74, 6) is 1.09. The highest BCUT2D eigenvalue weighted by atomic mass is 16.5. The van der Waals surface area contributed by atoms with Gasteiger partial charge in [0.25, 0.3) is 5.91 Å². The van der Waals surface area contributed by atoms with Gasteiger partial charge in [-0.05, 0) is 37.9 Å². The molecule has 2 aliphatic heterocycles. The fraction of sp³-hybridized carbons (Fsp3) is 0.409. The minimum absolute atomic E-state index is 0.0509. The fourth-order valence-corrected chi connectivity index (χ4v) is 4.39. The van der Waals surface area contributed by atoms with Crippen molar-refractivity contribution in [2.24, 2.45) is 0 Å². The molecular weight excluding hydrogens is 368 g/mol. The summed E-state index contributed by atoms with van der Waals surface area (Å²) in [6, 6.07) is 8.22. The Hall–Kier alpha value is -2.93. The monoisotopic (exact) mass is 392 g/mol. The molecule has 4 heterocycles. The van der Waals surface area contributed by atoms with Crippen molar-refractivity contribution in [2.45, 2.75) is 31.9 Å². The highest BCUT2D eigenvalue weighted by Crippen LogP contribution is 2.25. The maximum absolute atomic E-state index is 12.9. The molecule has 0 saturated carbocycles. The number of carbonyl (C=O) groups is 1. The van der Waals surface area contributed by atoms with Crippen LogP contribution >= 0.6 is 0 Å². The maximum Gasteiger partial charge on any atom is 0.275 e. The highest BCUT2D eigenvalue weighted by Gasteiger charge is 2.31. The lowest BCUT2D eigenvalue weighted by atomic mass is 10.1. The second-order valence-corrected chi connectivity index (χ2v) is 7.70. The van der Waals surface area contributed by atoms with Crippen molar-refractivity contribution in [2.75, 3.05) is 26.2 Å². The second-order valence-electron chi connectivity index (χ2n) is 7.70. The highest BCUT2D eigenvalue weighted by molar-refractivity contribution is 5.92. The predicted molar refractivity (Wildman–Crippen MR) is 108 cm³/mol. The Balaban J connectivity index is 1.26. The van der Waals surface area contributed by atoms with Crippen molar-refractivity contribution >= 4 is 16.7 Å². The number of nitrogens with zero attached hydrogens (tertiary/aromatic N) is 4. The summed E-state index contributed by atoms with van der Waals surface area (Å²) in [6.07, 6.45) is 8.39. The van der Waals surface area contributed by atoms with Gasteiger partial charge in [-0.25, -0.2) is 4.98 Å². The normalized spacial score (nSPS) is 19.9. The zero-order chi connectivity index (χ0) is 19.6. The van der Waals surface area contributed by atoms with Crippen molar-refractivity contribution in [3.8, 4) is 5.75 Å². The predicted octanol–water partition coefficient (Wildman–Crippen LogP) is 3.11. The fourth-order valence-electron chi connectivity index (χ4n) is 4.39. The van der Waals surface area contributed by atoms with E-state index in [1.807, 2.05) is 29.2 Å². The van der Waals surface area contributed by atoms with Gasteiger partial charge in [-0.15, -0.1) is 0 Å². The van der Waals surface area contributed by atoms with Gasteiger partial charge >= 0.3 is 0 Å². The Labute approximate surface area is 169 Å². The van der Waals surface area contributed by atoms with Crippen molar-refractivity contribution in [3.63, 3.8) is 0 Å². The van der Waals surface area contributed by atoms with Crippen LogP contribution in [0, 0.1) is 0 Å². The van der Waals surface area contributed by atoms with Crippen LogP contribution in [0.15, 0.2) is 47.3 Å². The van der Waals surface area contributed by atoms with Crippen LogP contribution in [0.2, 0.25) is 0 Å². The number of rotatable bonds is 4. The van der Waals surface area contributed by atoms with E-state index in [9.17, 15) is 4.79 Å². The molecule has 1 atom stereocenters. The molecule has 5 rings (SSSR count). The van der Waals surface area contributed by atoms with Crippen molar-refractivity contribution in [3.05, 3.63) is 54.5 Å². The number of pyridine rings is 1. The number of hydrogen-bond donors (Lipinski definition) is 0.